The smallest absolute Gasteiger partial charge is 0.196 e. The van der Waals surface area contributed by atoms with Gasteiger partial charge in [0.15, 0.2) is 21.9 Å². The van der Waals surface area contributed by atoms with Crippen LogP contribution in [0.3, 0.4) is 0 Å². The Kier molecular flexibility index (Phi) is 21.1. The molecule has 1 fully saturated rings. The number of nitrogens with zero attached hydrogens (tertiary/aromatic N) is 7. The number of likely N-dealkylation sites (N-methyl/N-ethyl adjacent to an activating group) is 1. The Bertz CT molecular complexity index is 4370. The molecule has 5 aromatic carbocycles. The lowest BCUT2D eigenvalue weighted by molar-refractivity contribution is 0.726. The summed E-state index contributed by atoms with van der Waals surface area (Å²) in [5.41, 5.74) is 12.6. The number of hydrogen-bond donors (Lipinski definition) is 2. The minimum atomic E-state index is -0.0154. The highest BCUT2D eigenvalue weighted by molar-refractivity contribution is 5.86. The van der Waals surface area contributed by atoms with Gasteiger partial charge in [-0.15, -0.1) is 0 Å². The Morgan fingerprint density at radius 2 is 1.14 bits per heavy atom. The second-order valence-electron chi connectivity index (χ2n) is 21.3. The lowest BCUT2D eigenvalue weighted by Crippen LogP contribution is -2.23. The Hall–Kier alpha value is -10.2. The molecule has 1 aliphatic heterocycles. The standard InChI is InChI=1S/C26H25N3O.2C23H21N3O.2C2H6/c1-18-16-22(19-10-8-9-11-19)25-23(30)17-24(28-20-12-4-2-5-13-20)29(26(25)27-18)21-14-6-3-7-15-21;1-16-10-9-15-24-23-20(16)21(27)17(2)22(25-18-11-5-3-6-12-18)26(23)19-13-7-4-8-14-19;1-17-14-15-24-23-22(17)20(27)16-21(26(23)19-12-8-5-9-13-19)25(2)18-10-6-3-4-7-11-18;2*1-2/h2-7,12-17,19,28H,8-11H2,1H3;3-8,10-15,25H,9H2,1-2H3;3,5-16H,4H2,1-2H3;2*1-2H3. The number of pyridine rings is 5. The molecule has 13 rings (SSSR count). The molecule has 88 heavy (non-hydrogen) atoms. The van der Waals surface area contributed by atoms with E-state index in [4.69, 9.17) is 4.98 Å². The van der Waals surface area contributed by atoms with E-state index in [0.717, 1.165) is 111 Å². The number of aliphatic imine (C=N–C) groups is 1. The predicted octanol–water partition coefficient (Wildman–Crippen LogP) is 18.1. The highest BCUT2D eigenvalue weighted by atomic mass is 16.1. The maximum Gasteiger partial charge on any atom is 0.196 e. The molecular formula is C76H79N9O3. The van der Waals surface area contributed by atoms with Crippen LogP contribution in [-0.4, -0.2) is 36.9 Å². The molecule has 0 atom stereocenters. The van der Waals surface area contributed by atoms with Gasteiger partial charge >= 0.3 is 0 Å². The van der Waals surface area contributed by atoms with Gasteiger partial charge in [0.1, 0.15) is 28.9 Å². The van der Waals surface area contributed by atoms with Gasteiger partial charge in [-0.05, 0) is 155 Å². The molecular weight excluding hydrogens is 1090 g/mol. The highest BCUT2D eigenvalue weighted by Crippen LogP contribution is 2.39. The van der Waals surface area contributed by atoms with Crippen molar-refractivity contribution in [2.75, 3.05) is 22.6 Å². The Morgan fingerprint density at radius 1 is 0.580 bits per heavy atom. The number of anilines is 5. The molecule has 12 heteroatoms. The van der Waals surface area contributed by atoms with Crippen LogP contribution in [0.1, 0.15) is 107 Å². The van der Waals surface area contributed by atoms with E-state index in [2.05, 4.69) is 73.8 Å². The monoisotopic (exact) mass is 1170 g/mol. The number of allylic oxidation sites excluding steroid dienone is 7. The summed E-state index contributed by atoms with van der Waals surface area (Å²) in [7, 11) is 1.98. The summed E-state index contributed by atoms with van der Waals surface area (Å²) in [6.45, 7) is 15.8. The minimum Gasteiger partial charge on any atom is -0.341 e. The number of benzene rings is 5. The van der Waals surface area contributed by atoms with Crippen LogP contribution in [0.2, 0.25) is 0 Å². The summed E-state index contributed by atoms with van der Waals surface area (Å²) in [6.07, 6.45) is 22.4. The van der Waals surface area contributed by atoms with Gasteiger partial charge in [-0.1, -0.05) is 156 Å². The maximum atomic E-state index is 13.4. The van der Waals surface area contributed by atoms with Crippen LogP contribution in [-0.2, 0) is 0 Å². The zero-order chi connectivity index (χ0) is 62.1. The summed E-state index contributed by atoms with van der Waals surface area (Å²) < 4.78 is 6.17. The van der Waals surface area contributed by atoms with Crippen molar-refractivity contribution >= 4 is 68.5 Å². The predicted molar refractivity (Wildman–Crippen MR) is 370 cm³/mol. The molecule has 0 bridgehead atoms. The average molecular weight is 1170 g/mol. The van der Waals surface area contributed by atoms with E-state index in [0.29, 0.717) is 33.9 Å². The molecule has 0 amide bonds. The number of hydrogen-bond acceptors (Lipinski definition) is 9. The second-order valence-corrected chi connectivity index (χ2v) is 21.3. The first kappa shape index (κ1) is 62.3. The minimum absolute atomic E-state index is 0.0154. The molecule has 3 aliphatic rings. The lowest BCUT2D eigenvalue weighted by atomic mass is 9.94. The molecule has 446 valence electrons. The van der Waals surface area contributed by atoms with Crippen molar-refractivity contribution in [2.24, 2.45) is 4.99 Å². The van der Waals surface area contributed by atoms with Crippen LogP contribution >= 0.6 is 0 Å². The average Bonchev–Trinajstić information content (AvgIpc) is 1.32. The number of fused-ring (bicyclic) bond motifs is 3. The van der Waals surface area contributed by atoms with Crippen LogP contribution in [0.25, 0.3) is 44.7 Å². The first-order valence-electron chi connectivity index (χ1n) is 30.7. The maximum absolute atomic E-state index is 13.4. The van der Waals surface area contributed by atoms with E-state index in [-0.39, 0.29) is 16.3 Å². The molecule has 2 N–H and O–H groups in total. The van der Waals surface area contributed by atoms with Gasteiger partial charge < -0.3 is 15.5 Å². The van der Waals surface area contributed by atoms with E-state index >= 15 is 0 Å². The number of aryl methyl sites for hydroxylation is 2. The summed E-state index contributed by atoms with van der Waals surface area (Å²) in [5.74, 6) is 3.35. The van der Waals surface area contributed by atoms with Gasteiger partial charge in [0.2, 0.25) is 0 Å². The first-order chi connectivity index (χ1) is 43.0. The molecule has 5 aromatic heterocycles. The first-order valence-corrected chi connectivity index (χ1v) is 30.7. The van der Waals surface area contributed by atoms with Crippen molar-refractivity contribution in [3.63, 3.8) is 0 Å². The van der Waals surface area contributed by atoms with Crippen molar-refractivity contribution in [3.05, 3.63) is 283 Å². The van der Waals surface area contributed by atoms with Crippen LogP contribution in [0.15, 0.2) is 244 Å². The van der Waals surface area contributed by atoms with E-state index in [1.54, 1.807) is 18.3 Å². The van der Waals surface area contributed by atoms with Crippen molar-refractivity contribution in [1.29, 1.82) is 0 Å². The van der Waals surface area contributed by atoms with Gasteiger partial charge in [-0.25, -0.2) is 15.0 Å². The summed E-state index contributed by atoms with van der Waals surface area (Å²) >= 11 is 0. The number of nitrogens with one attached hydrogen (secondary N) is 2. The SMILES string of the molecule is CC.CC.CC1=CCC=Nc2c1c(=O)c(C)c(Nc1ccccc1)n2-c1ccccc1.Cc1cc(C2CCCC2)c2c(=O)cc(Nc3ccccc3)n(-c3ccccc3)c2n1.Cc1ccnc2c1c(=O)cc(N(C)C1=CC=CCC=C1)n2-c1ccccc1. The molecule has 0 radical (unpaired) electrons. The molecule has 0 saturated heterocycles. The summed E-state index contributed by atoms with van der Waals surface area (Å²) in [4.78, 5) is 55.6. The molecule has 12 nitrogen and oxygen atoms in total. The molecule has 10 aromatic rings. The topological polar surface area (TPSA) is 131 Å². The van der Waals surface area contributed by atoms with E-state index in [9.17, 15) is 14.4 Å². The third-order valence-corrected chi connectivity index (χ3v) is 15.5. The molecule has 6 heterocycles. The third kappa shape index (κ3) is 13.9. The number of aromatic nitrogens is 5. The van der Waals surface area contributed by atoms with Crippen molar-refractivity contribution in [2.45, 2.75) is 99.8 Å². The van der Waals surface area contributed by atoms with Gasteiger partial charge in [0.05, 0.1) is 16.3 Å². The summed E-state index contributed by atoms with van der Waals surface area (Å²) in [6, 6.07) is 57.4. The van der Waals surface area contributed by atoms with Crippen LogP contribution in [0, 0.1) is 20.8 Å². The molecule has 1 saturated carbocycles. The van der Waals surface area contributed by atoms with Crippen LogP contribution < -0.4 is 31.8 Å². The zero-order valence-electron chi connectivity index (χ0n) is 52.0. The fourth-order valence-corrected chi connectivity index (χ4v) is 11.4. The Balaban J connectivity index is 0.000000153. The molecule has 0 spiro atoms. The second kappa shape index (κ2) is 29.7. The van der Waals surface area contributed by atoms with Gasteiger partial charge in [0, 0.05) is 83.4 Å². The zero-order valence-corrected chi connectivity index (χ0v) is 52.0. The summed E-state index contributed by atoms with van der Waals surface area (Å²) in [5, 5.41) is 8.29. The largest absolute Gasteiger partial charge is 0.341 e. The van der Waals surface area contributed by atoms with E-state index in [1.807, 2.05) is 234 Å². The van der Waals surface area contributed by atoms with Crippen LogP contribution in [0.4, 0.5) is 34.6 Å². The molecule has 2 aliphatic carbocycles. The highest BCUT2D eigenvalue weighted by Gasteiger charge is 2.26. The van der Waals surface area contributed by atoms with Crippen molar-refractivity contribution in [3.8, 4) is 17.1 Å². The van der Waals surface area contributed by atoms with Gasteiger partial charge in [0.25, 0.3) is 0 Å². The third-order valence-electron chi connectivity index (χ3n) is 15.5. The Labute approximate surface area is 517 Å². The van der Waals surface area contributed by atoms with E-state index in [1.165, 1.54) is 12.8 Å². The van der Waals surface area contributed by atoms with Crippen molar-refractivity contribution < 1.29 is 0 Å². The van der Waals surface area contributed by atoms with Gasteiger partial charge in [-0.2, -0.15) is 0 Å². The fourth-order valence-electron chi connectivity index (χ4n) is 11.4. The number of para-hydroxylation sites is 5. The fraction of sp³-hybridized carbons (Fsp3) is 0.211. The van der Waals surface area contributed by atoms with Crippen LogP contribution in [0.5, 0.6) is 0 Å². The lowest BCUT2D eigenvalue weighted by Gasteiger charge is -2.26. The molecule has 0 unspecified atom stereocenters. The van der Waals surface area contributed by atoms with Crippen molar-refractivity contribution in [1.82, 2.24) is 23.7 Å². The number of rotatable bonds is 10. The van der Waals surface area contributed by atoms with E-state index < -0.39 is 0 Å². The van der Waals surface area contributed by atoms with Gasteiger partial charge in [-0.3, -0.25) is 28.1 Å². The quantitative estimate of drug-likeness (QED) is 0.138. The Morgan fingerprint density at radius 3 is 1.75 bits per heavy atom. The normalized spacial score (nSPS) is 13.1.